The van der Waals surface area contributed by atoms with Gasteiger partial charge < -0.3 is 9.80 Å². The molecule has 138 valence electrons. The van der Waals surface area contributed by atoms with E-state index in [2.05, 4.69) is 9.62 Å². The molecule has 3 rings (SSSR count). The molecule has 0 radical (unpaired) electrons. The van der Waals surface area contributed by atoms with Crippen molar-refractivity contribution in [1.29, 1.82) is 0 Å². The fraction of sp³-hybridized carbons (Fsp3) is 0.278. The SMILES string of the molecule is CS(=O)(=O)Nc1ccccc1C(=O)N1CCN(c2cccc(Cl)c2)CC1. The van der Waals surface area contributed by atoms with Crippen molar-refractivity contribution in [2.24, 2.45) is 0 Å². The van der Waals surface area contributed by atoms with Crippen molar-refractivity contribution >= 4 is 38.9 Å². The molecule has 1 fully saturated rings. The second kappa shape index (κ2) is 7.55. The Morgan fingerprint density at radius 3 is 2.38 bits per heavy atom. The number of para-hydroxylation sites is 1. The van der Waals surface area contributed by atoms with Gasteiger partial charge in [-0.15, -0.1) is 0 Å². The molecule has 0 unspecified atom stereocenters. The van der Waals surface area contributed by atoms with Crippen molar-refractivity contribution in [3.8, 4) is 0 Å². The van der Waals surface area contributed by atoms with E-state index in [9.17, 15) is 13.2 Å². The molecule has 2 aromatic carbocycles. The maximum absolute atomic E-state index is 12.9. The van der Waals surface area contributed by atoms with Crippen LogP contribution in [0, 0.1) is 0 Å². The number of anilines is 2. The molecule has 0 atom stereocenters. The predicted octanol–water partition coefficient (Wildman–Crippen LogP) is 2.67. The number of nitrogens with zero attached hydrogens (tertiary/aromatic N) is 2. The minimum Gasteiger partial charge on any atom is -0.368 e. The Morgan fingerprint density at radius 2 is 1.73 bits per heavy atom. The van der Waals surface area contributed by atoms with Gasteiger partial charge in [0.2, 0.25) is 10.0 Å². The minimum absolute atomic E-state index is 0.178. The number of rotatable bonds is 4. The standard InChI is InChI=1S/C18H20ClN3O3S/c1-26(24,25)20-17-8-3-2-7-16(17)18(23)22-11-9-21(10-12-22)15-6-4-5-14(19)13-15/h2-8,13,20H,9-12H2,1H3. The molecule has 6 nitrogen and oxygen atoms in total. The van der Waals surface area contributed by atoms with Crippen LogP contribution in [0.3, 0.4) is 0 Å². The first kappa shape index (κ1) is 18.5. The van der Waals surface area contributed by atoms with Crippen LogP contribution in [-0.4, -0.2) is 51.7 Å². The average Bonchev–Trinajstić information content (AvgIpc) is 2.60. The first-order valence-corrected chi connectivity index (χ1v) is 10.5. The molecule has 1 aliphatic heterocycles. The molecule has 0 spiro atoms. The Hall–Kier alpha value is -2.25. The van der Waals surface area contributed by atoms with Gasteiger partial charge in [0.15, 0.2) is 0 Å². The summed E-state index contributed by atoms with van der Waals surface area (Å²) in [5, 5.41) is 0.682. The highest BCUT2D eigenvalue weighted by Gasteiger charge is 2.24. The van der Waals surface area contributed by atoms with Gasteiger partial charge in [-0.3, -0.25) is 9.52 Å². The molecule has 26 heavy (non-hydrogen) atoms. The summed E-state index contributed by atoms with van der Waals surface area (Å²) < 4.78 is 25.5. The van der Waals surface area contributed by atoms with E-state index in [1.54, 1.807) is 29.2 Å². The van der Waals surface area contributed by atoms with Gasteiger partial charge in [-0.1, -0.05) is 29.8 Å². The second-order valence-electron chi connectivity index (χ2n) is 6.18. The normalized spacial score (nSPS) is 15.0. The van der Waals surface area contributed by atoms with Gasteiger partial charge in [0.1, 0.15) is 0 Å². The molecule has 8 heteroatoms. The number of carbonyl (C=O) groups is 1. The van der Waals surface area contributed by atoms with E-state index >= 15 is 0 Å². The van der Waals surface area contributed by atoms with Crippen LogP contribution in [0.15, 0.2) is 48.5 Å². The highest BCUT2D eigenvalue weighted by molar-refractivity contribution is 7.92. The van der Waals surface area contributed by atoms with Crippen molar-refractivity contribution in [2.75, 3.05) is 42.1 Å². The van der Waals surface area contributed by atoms with Gasteiger partial charge in [-0.25, -0.2) is 8.42 Å². The largest absolute Gasteiger partial charge is 0.368 e. The topological polar surface area (TPSA) is 69.7 Å². The summed E-state index contributed by atoms with van der Waals surface area (Å²) in [5.41, 5.74) is 1.69. The van der Waals surface area contributed by atoms with E-state index in [-0.39, 0.29) is 5.91 Å². The number of piperazine rings is 1. The average molecular weight is 394 g/mol. The number of hydrogen-bond donors (Lipinski definition) is 1. The van der Waals surface area contributed by atoms with E-state index in [0.29, 0.717) is 42.5 Å². The Balaban J connectivity index is 1.71. The number of nitrogens with one attached hydrogen (secondary N) is 1. The number of benzene rings is 2. The summed E-state index contributed by atoms with van der Waals surface area (Å²) in [6.07, 6.45) is 1.07. The van der Waals surface area contributed by atoms with Crippen molar-refractivity contribution in [3.63, 3.8) is 0 Å². The molecule has 1 saturated heterocycles. The van der Waals surface area contributed by atoms with Crippen LogP contribution in [0.1, 0.15) is 10.4 Å². The van der Waals surface area contributed by atoms with Gasteiger partial charge in [0.05, 0.1) is 17.5 Å². The molecular weight excluding hydrogens is 374 g/mol. The number of halogens is 1. The van der Waals surface area contributed by atoms with Gasteiger partial charge in [0, 0.05) is 36.9 Å². The summed E-state index contributed by atoms with van der Waals surface area (Å²) in [4.78, 5) is 16.8. The third-order valence-electron chi connectivity index (χ3n) is 4.19. The fourth-order valence-corrected chi connectivity index (χ4v) is 3.73. The molecule has 1 heterocycles. The van der Waals surface area contributed by atoms with Gasteiger partial charge in [-0.2, -0.15) is 0 Å². The maximum Gasteiger partial charge on any atom is 0.256 e. The summed E-state index contributed by atoms with van der Waals surface area (Å²) in [7, 11) is -3.45. The Labute approximate surface area is 158 Å². The fourth-order valence-electron chi connectivity index (χ4n) is 2.97. The minimum atomic E-state index is -3.45. The van der Waals surface area contributed by atoms with Crippen LogP contribution in [-0.2, 0) is 10.0 Å². The Morgan fingerprint density at radius 1 is 1.04 bits per heavy atom. The molecule has 0 saturated carbocycles. The van der Waals surface area contributed by atoms with Crippen molar-refractivity contribution < 1.29 is 13.2 Å². The lowest BCUT2D eigenvalue weighted by atomic mass is 10.1. The summed E-state index contributed by atoms with van der Waals surface area (Å²) in [6.45, 7) is 2.48. The van der Waals surface area contributed by atoms with E-state index in [0.717, 1.165) is 11.9 Å². The number of carbonyl (C=O) groups excluding carboxylic acids is 1. The maximum atomic E-state index is 12.9. The van der Waals surface area contributed by atoms with Crippen LogP contribution in [0.5, 0.6) is 0 Å². The zero-order valence-corrected chi connectivity index (χ0v) is 15.9. The smallest absolute Gasteiger partial charge is 0.256 e. The van der Waals surface area contributed by atoms with E-state index in [1.807, 2.05) is 24.3 Å². The summed E-state index contributed by atoms with van der Waals surface area (Å²) in [5.74, 6) is -0.178. The number of amides is 1. The summed E-state index contributed by atoms with van der Waals surface area (Å²) >= 11 is 6.05. The van der Waals surface area contributed by atoms with Crippen molar-refractivity contribution in [1.82, 2.24) is 4.90 Å². The Bertz CT molecular complexity index is 909. The Kier molecular flexibility index (Phi) is 5.38. The molecule has 1 amide bonds. The van der Waals surface area contributed by atoms with Gasteiger partial charge >= 0.3 is 0 Å². The molecule has 1 aliphatic rings. The highest BCUT2D eigenvalue weighted by Crippen LogP contribution is 2.23. The third kappa shape index (κ3) is 4.47. The first-order chi connectivity index (χ1) is 12.3. The van der Waals surface area contributed by atoms with Gasteiger partial charge in [0.25, 0.3) is 5.91 Å². The molecular formula is C18H20ClN3O3S. The monoisotopic (exact) mass is 393 g/mol. The van der Waals surface area contributed by atoms with E-state index in [1.165, 1.54) is 0 Å². The van der Waals surface area contributed by atoms with Crippen LogP contribution < -0.4 is 9.62 Å². The molecule has 0 aromatic heterocycles. The number of hydrogen-bond acceptors (Lipinski definition) is 4. The van der Waals surface area contributed by atoms with Crippen LogP contribution in [0.4, 0.5) is 11.4 Å². The molecule has 1 N–H and O–H groups in total. The summed E-state index contributed by atoms with van der Waals surface area (Å²) in [6, 6.07) is 14.3. The number of sulfonamides is 1. The predicted molar refractivity (Wildman–Crippen MR) is 104 cm³/mol. The van der Waals surface area contributed by atoms with E-state index < -0.39 is 10.0 Å². The molecule has 0 aliphatic carbocycles. The molecule has 2 aromatic rings. The van der Waals surface area contributed by atoms with E-state index in [4.69, 9.17) is 11.6 Å². The van der Waals surface area contributed by atoms with Crippen LogP contribution in [0.2, 0.25) is 5.02 Å². The second-order valence-corrected chi connectivity index (χ2v) is 8.36. The first-order valence-electron chi connectivity index (χ1n) is 8.20. The van der Waals surface area contributed by atoms with Gasteiger partial charge in [-0.05, 0) is 30.3 Å². The lowest BCUT2D eigenvalue weighted by Gasteiger charge is -2.36. The zero-order valence-electron chi connectivity index (χ0n) is 14.4. The van der Waals surface area contributed by atoms with Crippen LogP contribution in [0.25, 0.3) is 0 Å². The molecule has 0 bridgehead atoms. The van der Waals surface area contributed by atoms with Crippen molar-refractivity contribution in [3.05, 3.63) is 59.1 Å². The lowest BCUT2D eigenvalue weighted by Crippen LogP contribution is -2.49. The highest BCUT2D eigenvalue weighted by atomic mass is 35.5. The lowest BCUT2D eigenvalue weighted by molar-refractivity contribution is 0.0748. The van der Waals surface area contributed by atoms with Crippen molar-refractivity contribution in [2.45, 2.75) is 0 Å². The zero-order chi connectivity index (χ0) is 18.7. The third-order valence-corrected chi connectivity index (χ3v) is 5.02. The van der Waals surface area contributed by atoms with Crippen LogP contribution >= 0.6 is 11.6 Å². The quantitative estimate of drug-likeness (QED) is 0.867.